The van der Waals surface area contributed by atoms with Crippen LogP contribution in [0.25, 0.3) is 0 Å². The van der Waals surface area contributed by atoms with Crippen LogP contribution in [0.3, 0.4) is 0 Å². The summed E-state index contributed by atoms with van der Waals surface area (Å²) < 4.78 is 18.5. The molecule has 0 aliphatic rings. The first-order valence-electron chi connectivity index (χ1n) is 5.96. The lowest BCUT2D eigenvalue weighted by Gasteiger charge is -2.08. The standard InChI is InChI=1S/C15H13BrFNO2/c1-20-12-5-2-10(3-6-12)9-18-15(19)13-7-4-11(17)8-14(13)16/h2-8H,9H2,1H3,(H,18,19). The van der Waals surface area contributed by atoms with E-state index in [1.807, 2.05) is 24.3 Å². The molecule has 0 aliphatic heterocycles. The summed E-state index contributed by atoms with van der Waals surface area (Å²) in [6.45, 7) is 0.395. The number of methoxy groups -OCH3 is 1. The minimum atomic E-state index is -0.386. The number of hydrogen-bond donors (Lipinski definition) is 1. The molecule has 0 unspecified atom stereocenters. The summed E-state index contributed by atoms with van der Waals surface area (Å²) >= 11 is 3.18. The van der Waals surface area contributed by atoms with Crippen LogP contribution in [-0.2, 0) is 6.54 Å². The number of hydrogen-bond acceptors (Lipinski definition) is 2. The van der Waals surface area contributed by atoms with Gasteiger partial charge in [0.15, 0.2) is 0 Å². The zero-order valence-corrected chi connectivity index (χ0v) is 12.4. The highest BCUT2D eigenvalue weighted by Crippen LogP contribution is 2.18. The third kappa shape index (κ3) is 3.57. The highest BCUT2D eigenvalue weighted by atomic mass is 79.9. The van der Waals surface area contributed by atoms with Crippen LogP contribution < -0.4 is 10.1 Å². The summed E-state index contributed by atoms with van der Waals surface area (Å²) in [6.07, 6.45) is 0. The van der Waals surface area contributed by atoms with E-state index in [1.54, 1.807) is 7.11 Å². The fourth-order valence-electron chi connectivity index (χ4n) is 1.69. The minimum absolute atomic E-state index is 0.257. The van der Waals surface area contributed by atoms with E-state index in [-0.39, 0.29) is 11.7 Å². The first-order valence-corrected chi connectivity index (χ1v) is 6.75. The zero-order valence-electron chi connectivity index (χ0n) is 10.8. The normalized spacial score (nSPS) is 10.2. The van der Waals surface area contributed by atoms with Crippen molar-refractivity contribution in [3.8, 4) is 5.75 Å². The second-order valence-corrected chi connectivity index (χ2v) is 5.01. The number of rotatable bonds is 4. The Morgan fingerprint density at radius 3 is 2.55 bits per heavy atom. The van der Waals surface area contributed by atoms with Crippen molar-refractivity contribution in [2.75, 3.05) is 7.11 Å². The van der Waals surface area contributed by atoms with E-state index in [9.17, 15) is 9.18 Å². The van der Waals surface area contributed by atoms with E-state index in [0.29, 0.717) is 16.6 Å². The molecule has 2 aromatic rings. The fourth-order valence-corrected chi connectivity index (χ4v) is 2.23. The Balaban J connectivity index is 2.00. The Bertz CT molecular complexity index is 614. The lowest BCUT2D eigenvalue weighted by Crippen LogP contribution is -2.23. The molecular formula is C15H13BrFNO2. The molecule has 0 saturated heterocycles. The van der Waals surface area contributed by atoms with Crippen LogP contribution in [0.15, 0.2) is 46.9 Å². The van der Waals surface area contributed by atoms with Gasteiger partial charge in [-0.3, -0.25) is 4.79 Å². The zero-order chi connectivity index (χ0) is 14.5. The van der Waals surface area contributed by atoms with Crippen molar-refractivity contribution < 1.29 is 13.9 Å². The number of nitrogens with one attached hydrogen (secondary N) is 1. The number of benzene rings is 2. The van der Waals surface area contributed by atoms with Crippen LogP contribution in [0.1, 0.15) is 15.9 Å². The number of halogens is 2. The van der Waals surface area contributed by atoms with Gasteiger partial charge in [-0.1, -0.05) is 12.1 Å². The number of carbonyl (C=O) groups is 1. The third-order valence-corrected chi connectivity index (χ3v) is 3.44. The first-order chi connectivity index (χ1) is 9.60. The number of ether oxygens (including phenoxy) is 1. The summed E-state index contributed by atoms with van der Waals surface area (Å²) in [7, 11) is 1.60. The molecule has 0 fully saturated rings. The predicted octanol–water partition coefficient (Wildman–Crippen LogP) is 3.53. The number of carbonyl (C=O) groups excluding carboxylic acids is 1. The van der Waals surface area contributed by atoms with Gasteiger partial charge in [-0.15, -0.1) is 0 Å². The minimum Gasteiger partial charge on any atom is -0.497 e. The Hall–Kier alpha value is -1.88. The van der Waals surface area contributed by atoms with Gasteiger partial charge in [0.2, 0.25) is 0 Å². The molecule has 0 spiro atoms. The lowest BCUT2D eigenvalue weighted by atomic mass is 10.2. The van der Waals surface area contributed by atoms with Gasteiger partial charge in [-0.25, -0.2) is 4.39 Å². The Morgan fingerprint density at radius 2 is 1.95 bits per heavy atom. The smallest absolute Gasteiger partial charge is 0.252 e. The molecular weight excluding hydrogens is 325 g/mol. The second kappa shape index (κ2) is 6.52. The Morgan fingerprint density at radius 1 is 1.25 bits per heavy atom. The van der Waals surface area contributed by atoms with Crippen LogP contribution in [0.2, 0.25) is 0 Å². The van der Waals surface area contributed by atoms with E-state index in [0.717, 1.165) is 11.3 Å². The molecule has 0 saturated carbocycles. The molecule has 0 aromatic heterocycles. The van der Waals surface area contributed by atoms with Gasteiger partial charge in [0.05, 0.1) is 12.7 Å². The largest absolute Gasteiger partial charge is 0.497 e. The summed E-state index contributed by atoms with van der Waals surface area (Å²) in [4.78, 5) is 12.0. The molecule has 3 nitrogen and oxygen atoms in total. The summed E-state index contributed by atoms with van der Waals surface area (Å²) in [5.41, 5.74) is 1.36. The van der Waals surface area contributed by atoms with Crippen LogP contribution in [0.4, 0.5) is 4.39 Å². The maximum Gasteiger partial charge on any atom is 0.252 e. The second-order valence-electron chi connectivity index (χ2n) is 4.15. The van der Waals surface area contributed by atoms with Gasteiger partial charge in [-0.05, 0) is 51.8 Å². The molecule has 2 rings (SSSR count). The monoisotopic (exact) mass is 337 g/mol. The fraction of sp³-hybridized carbons (Fsp3) is 0.133. The van der Waals surface area contributed by atoms with Gasteiger partial charge in [-0.2, -0.15) is 0 Å². The lowest BCUT2D eigenvalue weighted by molar-refractivity contribution is 0.0950. The van der Waals surface area contributed by atoms with Crippen molar-refractivity contribution in [1.29, 1.82) is 0 Å². The Kier molecular flexibility index (Phi) is 4.74. The molecule has 0 heterocycles. The maximum atomic E-state index is 13.0. The Labute approximate surface area is 124 Å². The molecule has 0 radical (unpaired) electrons. The van der Waals surface area contributed by atoms with Crippen molar-refractivity contribution in [2.45, 2.75) is 6.54 Å². The van der Waals surface area contributed by atoms with E-state index in [4.69, 9.17) is 4.74 Å². The van der Waals surface area contributed by atoms with E-state index >= 15 is 0 Å². The van der Waals surface area contributed by atoms with E-state index < -0.39 is 0 Å². The molecule has 1 amide bonds. The molecule has 2 aromatic carbocycles. The van der Waals surface area contributed by atoms with Gasteiger partial charge >= 0.3 is 0 Å². The average Bonchev–Trinajstić information content (AvgIpc) is 2.45. The van der Waals surface area contributed by atoms with Crippen molar-refractivity contribution >= 4 is 21.8 Å². The molecule has 20 heavy (non-hydrogen) atoms. The molecule has 0 atom stereocenters. The quantitative estimate of drug-likeness (QED) is 0.926. The highest BCUT2D eigenvalue weighted by Gasteiger charge is 2.10. The van der Waals surface area contributed by atoms with Crippen molar-refractivity contribution in [3.63, 3.8) is 0 Å². The molecule has 0 aliphatic carbocycles. The third-order valence-electron chi connectivity index (χ3n) is 2.79. The van der Waals surface area contributed by atoms with Crippen LogP contribution in [-0.4, -0.2) is 13.0 Å². The van der Waals surface area contributed by atoms with Crippen LogP contribution in [0, 0.1) is 5.82 Å². The van der Waals surface area contributed by atoms with Crippen molar-refractivity contribution in [2.24, 2.45) is 0 Å². The first kappa shape index (κ1) is 14.5. The highest BCUT2D eigenvalue weighted by molar-refractivity contribution is 9.10. The number of amides is 1. The van der Waals surface area contributed by atoms with Crippen molar-refractivity contribution in [3.05, 3.63) is 63.9 Å². The van der Waals surface area contributed by atoms with E-state index in [2.05, 4.69) is 21.2 Å². The van der Waals surface area contributed by atoms with Crippen molar-refractivity contribution in [1.82, 2.24) is 5.32 Å². The molecule has 104 valence electrons. The topological polar surface area (TPSA) is 38.3 Å². The SMILES string of the molecule is COc1ccc(CNC(=O)c2ccc(F)cc2Br)cc1. The van der Waals surface area contributed by atoms with Gasteiger partial charge in [0.1, 0.15) is 11.6 Å². The predicted molar refractivity (Wildman–Crippen MR) is 78.3 cm³/mol. The molecule has 1 N–H and O–H groups in total. The summed E-state index contributed by atoms with van der Waals surface area (Å²) in [5.74, 6) is 0.123. The van der Waals surface area contributed by atoms with Crippen LogP contribution >= 0.6 is 15.9 Å². The average molecular weight is 338 g/mol. The van der Waals surface area contributed by atoms with Gasteiger partial charge in [0.25, 0.3) is 5.91 Å². The van der Waals surface area contributed by atoms with Gasteiger partial charge < -0.3 is 10.1 Å². The summed E-state index contributed by atoms with van der Waals surface area (Å²) in [6, 6.07) is 11.4. The maximum absolute atomic E-state index is 13.0. The summed E-state index contributed by atoms with van der Waals surface area (Å²) in [5, 5.41) is 2.78. The van der Waals surface area contributed by atoms with Gasteiger partial charge in [0, 0.05) is 11.0 Å². The van der Waals surface area contributed by atoms with Crippen LogP contribution in [0.5, 0.6) is 5.75 Å². The molecule has 0 bridgehead atoms. The molecule has 5 heteroatoms. The van der Waals surface area contributed by atoms with E-state index in [1.165, 1.54) is 18.2 Å².